The number of hydrogen-bond donors (Lipinski definition) is 2. The molecule has 3 N–H and O–H groups in total. The zero-order valence-corrected chi connectivity index (χ0v) is 24.1. The molecule has 0 aliphatic carbocycles. The summed E-state index contributed by atoms with van der Waals surface area (Å²) in [5.41, 5.74) is 9.17. The number of carbonyl (C=O) groups excluding carboxylic acids is 2. The minimum Gasteiger partial charge on any atom is -0.491 e. The maximum Gasteiger partial charge on any atom is 0.410 e. The number of unbranched alkanes of at least 4 members (excludes halogenated alkanes) is 6. The van der Waals surface area contributed by atoms with E-state index in [2.05, 4.69) is 26.3 Å². The van der Waals surface area contributed by atoms with Gasteiger partial charge in [0.25, 0.3) is 0 Å². The second kappa shape index (κ2) is 15.3. The van der Waals surface area contributed by atoms with Crippen LogP contribution < -0.4 is 25.3 Å². The molecule has 2 heterocycles. The predicted molar refractivity (Wildman–Crippen MR) is 162 cm³/mol. The van der Waals surface area contributed by atoms with Crippen LogP contribution in [0.15, 0.2) is 61.1 Å². The Kier molecular flexibility index (Phi) is 11.0. The normalized spacial score (nSPS) is 10.8. The first-order valence-electron chi connectivity index (χ1n) is 14.2. The molecule has 2 aromatic carbocycles. The number of para-hydroxylation sites is 2. The van der Waals surface area contributed by atoms with Crippen molar-refractivity contribution in [2.24, 2.45) is 5.73 Å². The fraction of sp³-hybridized carbons (Fsp3) is 0.344. The van der Waals surface area contributed by atoms with E-state index in [9.17, 15) is 9.59 Å². The van der Waals surface area contributed by atoms with E-state index in [1.165, 1.54) is 0 Å². The van der Waals surface area contributed by atoms with Gasteiger partial charge in [-0.3, -0.25) is 4.79 Å². The first-order chi connectivity index (χ1) is 20.4. The van der Waals surface area contributed by atoms with Crippen molar-refractivity contribution >= 4 is 28.6 Å². The molecule has 2 aromatic heterocycles. The molecule has 4 rings (SSSR count). The van der Waals surface area contributed by atoms with Gasteiger partial charge < -0.3 is 25.3 Å². The Hall–Kier alpha value is -4.73. The number of hydrogen-bond acceptors (Lipinski definition) is 8. The molecule has 42 heavy (non-hydrogen) atoms. The lowest BCUT2D eigenvalue weighted by atomic mass is 10.0. The van der Waals surface area contributed by atoms with Crippen LogP contribution in [0.4, 0.5) is 10.5 Å². The number of nitrogens with one attached hydrogen (secondary N) is 1. The van der Waals surface area contributed by atoms with E-state index < -0.39 is 6.09 Å². The van der Waals surface area contributed by atoms with Gasteiger partial charge in [-0.05, 0) is 55.7 Å². The highest BCUT2D eigenvalue weighted by molar-refractivity contribution is 5.93. The van der Waals surface area contributed by atoms with Crippen LogP contribution in [0.2, 0.25) is 0 Å². The number of fused-ring (bicyclic) bond motifs is 1. The van der Waals surface area contributed by atoms with E-state index >= 15 is 0 Å². The van der Waals surface area contributed by atoms with Crippen molar-refractivity contribution in [1.82, 2.24) is 15.0 Å². The topological polar surface area (TPSA) is 139 Å². The zero-order valence-electron chi connectivity index (χ0n) is 24.1. The van der Waals surface area contributed by atoms with E-state index in [0.29, 0.717) is 24.6 Å². The molecule has 0 radical (unpaired) electrons. The van der Waals surface area contributed by atoms with Crippen LogP contribution in [-0.2, 0) is 4.79 Å². The summed E-state index contributed by atoms with van der Waals surface area (Å²) in [6, 6.07) is 14.6. The Labute approximate surface area is 245 Å². The SMILES string of the molecule is COc1ccc(-c2cc(OCCCCCCCCCC(=O)Nc3ccccc3OC(N)=O)c3ncnc(C)c3c2)cn1. The van der Waals surface area contributed by atoms with E-state index in [0.717, 1.165) is 78.4 Å². The summed E-state index contributed by atoms with van der Waals surface area (Å²) in [6.07, 6.45) is 9.88. The predicted octanol–water partition coefficient (Wildman–Crippen LogP) is 6.60. The highest BCUT2D eigenvalue weighted by Gasteiger charge is 2.12. The summed E-state index contributed by atoms with van der Waals surface area (Å²) in [5.74, 6) is 1.43. The average molecular weight is 572 g/mol. The van der Waals surface area contributed by atoms with Gasteiger partial charge >= 0.3 is 6.09 Å². The number of nitrogens with two attached hydrogens (primary N) is 1. The van der Waals surface area contributed by atoms with Crippen molar-refractivity contribution < 1.29 is 23.8 Å². The second-order valence-corrected chi connectivity index (χ2v) is 9.96. The fourth-order valence-electron chi connectivity index (χ4n) is 4.64. The molecule has 0 unspecified atom stereocenters. The zero-order chi connectivity index (χ0) is 29.7. The Morgan fingerprint density at radius 2 is 1.62 bits per heavy atom. The molecule has 220 valence electrons. The number of amides is 2. The molecular formula is C32H37N5O5. The molecule has 2 amide bonds. The van der Waals surface area contributed by atoms with Crippen molar-refractivity contribution in [2.45, 2.75) is 58.3 Å². The number of rotatable bonds is 15. The minimum absolute atomic E-state index is 0.118. The maximum absolute atomic E-state index is 12.3. The van der Waals surface area contributed by atoms with E-state index in [4.69, 9.17) is 19.9 Å². The van der Waals surface area contributed by atoms with Gasteiger partial charge in [-0.1, -0.05) is 44.2 Å². The van der Waals surface area contributed by atoms with Crippen molar-refractivity contribution in [3.8, 4) is 28.5 Å². The van der Waals surface area contributed by atoms with E-state index in [1.54, 1.807) is 43.9 Å². The quantitative estimate of drug-likeness (QED) is 0.152. The molecule has 0 aliphatic heterocycles. The molecule has 0 fully saturated rings. The minimum atomic E-state index is -0.918. The van der Waals surface area contributed by atoms with Crippen LogP contribution in [0.1, 0.15) is 57.1 Å². The number of primary amides is 1. The molecule has 0 saturated carbocycles. The van der Waals surface area contributed by atoms with Crippen molar-refractivity contribution in [2.75, 3.05) is 19.0 Å². The van der Waals surface area contributed by atoms with Gasteiger partial charge in [-0.25, -0.2) is 19.7 Å². The number of aryl methyl sites for hydroxylation is 1. The number of benzene rings is 2. The van der Waals surface area contributed by atoms with E-state index in [1.807, 2.05) is 25.1 Å². The summed E-state index contributed by atoms with van der Waals surface area (Å²) < 4.78 is 16.3. The molecule has 0 atom stereocenters. The largest absolute Gasteiger partial charge is 0.491 e. The van der Waals surface area contributed by atoms with Crippen LogP contribution in [0.5, 0.6) is 17.4 Å². The van der Waals surface area contributed by atoms with Crippen LogP contribution in [0.25, 0.3) is 22.0 Å². The number of anilines is 1. The lowest BCUT2D eigenvalue weighted by molar-refractivity contribution is -0.116. The smallest absolute Gasteiger partial charge is 0.410 e. The van der Waals surface area contributed by atoms with Gasteiger partial charge in [-0.2, -0.15) is 0 Å². The third-order valence-corrected chi connectivity index (χ3v) is 6.86. The summed E-state index contributed by atoms with van der Waals surface area (Å²) in [5, 5.41) is 3.74. The third-order valence-electron chi connectivity index (χ3n) is 6.86. The van der Waals surface area contributed by atoms with Crippen LogP contribution in [-0.4, -0.2) is 40.7 Å². The standard InChI is InChI=1S/C32H37N5O5/c1-22-25-18-24(23-15-16-30(40-2)34-20-23)19-28(31(25)36-21-35-22)41-17-11-7-5-3-4-6-8-14-29(38)37-26-12-9-10-13-27(26)42-32(33)39/h9-10,12-13,15-16,18-21H,3-8,11,14,17H2,1-2H3,(H2,33,39)(H,37,38). The van der Waals surface area contributed by atoms with Gasteiger partial charge in [-0.15, -0.1) is 0 Å². The van der Waals surface area contributed by atoms with Crippen molar-refractivity contribution in [3.63, 3.8) is 0 Å². The number of pyridine rings is 1. The molecule has 0 saturated heterocycles. The number of ether oxygens (including phenoxy) is 3. The Morgan fingerprint density at radius 3 is 2.36 bits per heavy atom. The van der Waals surface area contributed by atoms with Crippen LogP contribution in [0.3, 0.4) is 0 Å². The Balaban J connectivity index is 1.16. The first kappa shape index (κ1) is 30.2. The lowest BCUT2D eigenvalue weighted by Gasteiger charge is -2.13. The number of nitrogens with zero attached hydrogens (tertiary/aromatic N) is 3. The van der Waals surface area contributed by atoms with Gasteiger partial charge in [0, 0.05) is 35.3 Å². The third kappa shape index (κ3) is 8.63. The number of carbonyl (C=O) groups is 2. The molecule has 10 heteroatoms. The van der Waals surface area contributed by atoms with E-state index in [-0.39, 0.29) is 11.7 Å². The Morgan fingerprint density at radius 1 is 0.857 bits per heavy atom. The molecular weight excluding hydrogens is 534 g/mol. The van der Waals surface area contributed by atoms with Gasteiger partial charge in [0.2, 0.25) is 11.8 Å². The van der Waals surface area contributed by atoms with Gasteiger partial charge in [0.05, 0.1) is 19.4 Å². The Bertz CT molecular complexity index is 1490. The van der Waals surface area contributed by atoms with Gasteiger partial charge in [0.1, 0.15) is 17.6 Å². The molecule has 10 nitrogen and oxygen atoms in total. The highest BCUT2D eigenvalue weighted by Crippen LogP contribution is 2.33. The molecule has 4 aromatic rings. The summed E-state index contributed by atoms with van der Waals surface area (Å²) >= 11 is 0. The van der Waals surface area contributed by atoms with Crippen molar-refractivity contribution in [3.05, 3.63) is 66.7 Å². The lowest BCUT2D eigenvalue weighted by Crippen LogP contribution is -2.18. The summed E-state index contributed by atoms with van der Waals surface area (Å²) in [6.45, 7) is 2.57. The second-order valence-electron chi connectivity index (χ2n) is 9.96. The first-order valence-corrected chi connectivity index (χ1v) is 14.2. The van der Waals surface area contributed by atoms with Crippen LogP contribution >= 0.6 is 0 Å². The molecule has 0 aliphatic rings. The monoisotopic (exact) mass is 571 g/mol. The fourth-order valence-corrected chi connectivity index (χ4v) is 4.64. The maximum atomic E-state index is 12.3. The molecule has 0 spiro atoms. The van der Waals surface area contributed by atoms with Gasteiger partial charge in [0.15, 0.2) is 5.75 Å². The number of aromatic nitrogens is 3. The van der Waals surface area contributed by atoms with Crippen LogP contribution in [0, 0.1) is 6.92 Å². The average Bonchev–Trinajstić information content (AvgIpc) is 2.99. The summed E-state index contributed by atoms with van der Waals surface area (Å²) in [7, 11) is 1.60. The summed E-state index contributed by atoms with van der Waals surface area (Å²) in [4.78, 5) is 36.5. The molecule has 0 bridgehead atoms. The highest BCUT2D eigenvalue weighted by atomic mass is 16.5. The van der Waals surface area contributed by atoms with Crippen molar-refractivity contribution in [1.29, 1.82) is 0 Å². The number of methoxy groups -OCH3 is 1.